The number of ether oxygens (including phenoxy) is 1. The molecule has 0 unspecified atom stereocenters. The molecule has 0 bridgehead atoms. The molecule has 1 heterocycles. The molecule has 0 aliphatic rings. The summed E-state index contributed by atoms with van der Waals surface area (Å²) in [5, 5.41) is 20.2. The van der Waals surface area contributed by atoms with E-state index in [2.05, 4.69) is 15.2 Å². The van der Waals surface area contributed by atoms with Gasteiger partial charge < -0.3 is 15.7 Å². The first-order chi connectivity index (χ1) is 9.01. The minimum absolute atomic E-state index is 0.276. The number of hydrogen-bond donors (Lipinski definition) is 3. The van der Waals surface area contributed by atoms with Crippen molar-refractivity contribution in [3.05, 3.63) is 45.8 Å². The van der Waals surface area contributed by atoms with Crippen LogP contribution < -0.4 is 10.5 Å². The summed E-state index contributed by atoms with van der Waals surface area (Å²) in [6.07, 6.45) is 0.689. The average molecular weight is 267 g/mol. The number of H-pyrrole nitrogens is 1. The van der Waals surface area contributed by atoms with Gasteiger partial charge in [0.1, 0.15) is 11.6 Å². The summed E-state index contributed by atoms with van der Waals surface area (Å²) < 4.78 is 5.07. The summed E-state index contributed by atoms with van der Waals surface area (Å²) in [5.74, 6) is 1.88. The molecule has 0 saturated carbocycles. The zero-order chi connectivity index (χ0) is 14.3. The first-order valence-electron chi connectivity index (χ1n) is 5.14. The van der Waals surface area contributed by atoms with Crippen LogP contribution >= 0.6 is 0 Å². The van der Waals surface area contributed by atoms with E-state index in [1.807, 2.05) is 24.3 Å². The number of methoxy groups -OCH3 is 1. The molecule has 0 radical (unpaired) electrons. The van der Waals surface area contributed by atoms with Crippen molar-refractivity contribution in [2.75, 3.05) is 12.8 Å². The number of aromatic amines is 1. The van der Waals surface area contributed by atoms with Crippen molar-refractivity contribution in [2.24, 2.45) is 0 Å². The Labute approximate surface area is 108 Å². The zero-order valence-electron chi connectivity index (χ0n) is 10.1. The smallest absolute Gasteiger partial charge is 0.291 e. The Morgan fingerprint density at radius 1 is 1.47 bits per heavy atom. The molecule has 0 saturated heterocycles. The van der Waals surface area contributed by atoms with Crippen LogP contribution in [0.25, 0.3) is 0 Å². The predicted molar refractivity (Wildman–Crippen MR) is 65.4 cm³/mol. The zero-order valence-corrected chi connectivity index (χ0v) is 10.1. The SMILES string of the molecule is COc1ccc(Cc2nc(N)n[nH]2)cc1.O=[N+]([O-])O. The summed E-state index contributed by atoms with van der Waals surface area (Å²) in [7, 11) is 1.64. The van der Waals surface area contributed by atoms with E-state index in [0.29, 0.717) is 6.42 Å². The van der Waals surface area contributed by atoms with Crippen LogP contribution in [0.1, 0.15) is 11.4 Å². The van der Waals surface area contributed by atoms with Gasteiger partial charge in [0.05, 0.1) is 7.11 Å². The van der Waals surface area contributed by atoms with Crippen LogP contribution in [0.15, 0.2) is 24.3 Å². The quantitative estimate of drug-likeness (QED) is 0.547. The Morgan fingerprint density at radius 3 is 2.47 bits per heavy atom. The topological polar surface area (TPSA) is 140 Å². The standard InChI is InChI=1S/C10H12N4O.HNO3/c1-15-8-4-2-7(3-5-8)6-9-12-10(11)14-13-9;2-1(3)4/h2-5H,6H2,1H3,(H3,11,12,13,14);(H,2,3,4). The van der Waals surface area contributed by atoms with Crippen molar-refractivity contribution in [3.63, 3.8) is 0 Å². The molecule has 0 aliphatic heterocycles. The maximum Gasteiger partial charge on any atom is 0.291 e. The van der Waals surface area contributed by atoms with Gasteiger partial charge in [-0.1, -0.05) is 12.1 Å². The van der Waals surface area contributed by atoms with Gasteiger partial charge >= 0.3 is 0 Å². The normalized spacial score (nSPS) is 9.32. The number of hydrogen-bond acceptors (Lipinski definition) is 6. The van der Waals surface area contributed by atoms with E-state index >= 15 is 0 Å². The van der Waals surface area contributed by atoms with Crippen LogP contribution in [0.2, 0.25) is 0 Å². The highest BCUT2D eigenvalue weighted by Gasteiger charge is 2.01. The Kier molecular flexibility index (Phi) is 5.08. The second kappa shape index (κ2) is 6.79. The molecule has 0 amide bonds. The lowest BCUT2D eigenvalue weighted by atomic mass is 10.1. The Balaban J connectivity index is 0.000000399. The van der Waals surface area contributed by atoms with Gasteiger partial charge in [0.15, 0.2) is 0 Å². The first kappa shape index (κ1) is 14.2. The molecule has 4 N–H and O–H groups in total. The van der Waals surface area contributed by atoms with Crippen LogP contribution in [0.3, 0.4) is 0 Å². The number of anilines is 1. The van der Waals surface area contributed by atoms with E-state index in [4.69, 9.17) is 25.8 Å². The monoisotopic (exact) mass is 267 g/mol. The van der Waals surface area contributed by atoms with E-state index in [1.165, 1.54) is 0 Å². The van der Waals surface area contributed by atoms with Crippen molar-refractivity contribution in [3.8, 4) is 5.75 Å². The molecule has 0 atom stereocenters. The van der Waals surface area contributed by atoms with Crippen molar-refractivity contribution < 1.29 is 15.0 Å². The third kappa shape index (κ3) is 5.35. The lowest BCUT2D eigenvalue weighted by Gasteiger charge is -2.00. The fraction of sp³-hybridized carbons (Fsp3) is 0.200. The third-order valence-electron chi connectivity index (χ3n) is 2.08. The number of benzene rings is 1. The van der Waals surface area contributed by atoms with Gasteiger partial charge in [-0.2, -0.15) is 4.98 Å². The Bertz CT molecular complexity index is 521. The van der Waals surface area contributed by atoms with Crippen LogP contribution in [0.5, 0.6) is 5.75 Å². The number of nitrogens with one attached hydrogen (secondary N) is 1. The van der Waals surface area contributed by atoms with Gasteiger partial charge in [-0.25, -0.2) is 0 Å². The molecule has 2 rings (SSSR count). The lowest BCUT2D eigenvalue weighted by Crippen LogP contribution is -1.92. The van der Waals surface area contributed by atoms with Crippen molar-refractivity contribution in [1.29, 1.82) is 0 Å². The van der Waals surface area contributed by atoms with E-state index < -0.39 is 5.09 Å². The largest absolute Gasteiger partial charge is 0.497 e. The second-order valence-corrected chi connectivity index (χ2v) is 3.40. The average Bonchev–Trinajstić information content (AvgIpc) is 2.75. The summed E-state index contributed by atoms with van der Waals surface area (Å²) >= 11 is 0. The fourth-order valence-electron chi connectivity index (χ4n) is 1.33. The molecule has 19 heavy (non-hydrogen) atoms. The van der Waals surface area contributed by atoms with Gasteiger partial charge in [-0.3, -0.25) is 5.10 Å². The Morgan fingerprint density at radius 2 is 2.05 bits per heavy atom. The maximum atomic E-state index is 8.36. The number of aromatic nitrogens is 3. The minimum Gasteiger partial charge on any atom is -0.497 e. The number of nitrogens with two attached hydrogens (primary N) is 1. The van der Waals surface area contributed by atoms with Crippen molar-refractivity contribution in [1.82, 2.24) is 15.2 Å². The minimum atomic E-state index is -1.50. The Hall–Kier alpha value is -2.84. The third-order valence-corrected chi connectivity index (χ3v) is 2.08. The predicted octanol–water partition coefficient (Wildman–Crippen LogP) is 0.639. The van der Waals surface area contributed by atoms with Crippen LogP contribution in [-0.2, 0) is 6.42 Å². The molecule has 0 fully saturated rings. The summed E-state index contributed by atoms with van der Waals surface area (Å²) in [5.41, 5.74) is 6.54. The number of nitrogens with zero attached hydrogens (tertiary/aromatic N) is 3. The van der Waals surface area contributed by atoms with Gasteiger partial charge in [-0.05, 0) is 17.7 Å². The lowest BCUT2D eigenvalue weighted by molar-refractivity contribution is -0.742. The van der Waals surface area contributed by atoms with Gasteiger partial charge in [-0.15, -0.1) is 15.2 Å². The molecule has 0 spiro atoms. The molecular formula is C10H13N5O4. The van der Waals surface area contributed by atoms with Crippen LogP contribution in [0, 0.1) is 10.1 Å². The molecule has 9 heteroatoms. The fourth-order valence-corrected chi connectivity index (χ4v) is 1.33. The highest BCUT2D eigenvalue weighted by molar-refractivity contribution is 5.29. The van der Waals surface area contributed by atoms with Gasteiger partial charge in [0.2, 0.25) is 5.95 Å². The summed E-state index contributed by atoms with van der Waals surface area (Å²) in [6, 6.07) is 7.79. The molecule has 102 valence electrons. The van der Waals surface area contributed by atoms with E-state index in [-0.39, 0.29) is 5.95 Å². The van der Waals surface area contributed by atoms with Gasteiger partial charge in [0, 0.05) is 6.42 Å². The summed E-state index contributed by atoms with van der Waals surface area (Å²) in [4.78, 5) is 12.4. The molecule has 2 aromatic rings. The highest BCUT2D eigenvalue weighted by atomic mass is 16.9. The van der Waals surface area contributed by atoms with E-state index in [0.717, 1.165) is 17.1 Å². The highest BCUT2D eigenvalue weighted by Crippen LogP contribution is 2.13. The van der Waals surface area contributed by atoms with Gasteiger partial charge in [0.25, 0.3) is 5.09 Å². The van der Waals surface area contributed by atoms with Crippen LogP contribution in [-0.4, -0.2) is 32.6 Å². The van der Waals surface area contributed by atoms with E-state index in [9.17, 15) is 0 Å². The second-order valence-electron chi connectivity index (χ2n) is 3.40. The molecule has 1 aromatic heterocycles. The molecular weight excluding hydrogens is 254 g/mol. The molecule has 9 nitrogen and oxygen atoms in total. The maximum absolute atomic E-state index is 8.36. The van der Waals surface area contributed by atoms with Crippen molar-refractivity contribution >= 4 is 5.95 Å². The first-order valence-corrected chi connectivity index (χ1v) is 5.14. The number of nitrogen functional groups attached to an aromatic ring is 1. The van der Waals surface area contributed by atoms with Crippen molar-refractivity contribution in [2.45, 2.75) is 6.42 Å². The van der Waals surface area contributed by atoms with Crippen LogP contribution in [0.4, 0.5) is 5.95 Å². The van der Waals surface area contributed by atoms with E-state index in [1.54, 1.807) is 7.11 Å². The summed E-state index contributed by atoms with van der Waals surface area (Å²) in [6.45, 7) is 0. The number of rotatable bonds is 3. The molecule has 0 aliphatic carbocycles. The molecule has 1 aromatic carbocycles.